The SMILES string of the molecule is CCC1(O)C(=O)OCc2c1cc1n(c2=O)Cc2cc3ccccc3nc2-1.COc1c(CC(=O)c2cc3c(cc2O)OC(C)(C)C(O)C3)ccc2c1C=CC(C)(C)O2. The first-order chi connectivity index (χ1) is 27.0. The lowest BCUT2D eigenvalue weighted by Crippen LogP contribution is -2.46. The number of hydrogen-bond donors (Lipinski definition) is 3. The van der Waals surface area contributed by atoms with E-state index >= 15 is 0 Å². The summed E-state index contributed by atoms with van der Waals surface area (Å²) in [6, 6.07) is 18.3. The Hall–Kier alpha value is -5.98. The van der Waals surface area contributed by atoms with E-state index in [1.165, 1.54) is 6.07 Å². The number of hydrogen-bond acceptors (Lipinski definition) is 11. The number of ether oxygens (including phenoxy) is 4. The molecule has 0 radical (unpaired) electrons. The van der Waals surface area contributed by atoms with Gasteiger partial charge in [0.25, 0.3) is 5.56 Å². The number of methoxy groups -OCH3 is 1. The molecule has 12 nitrogen and oxygen atoms in total. The maximum Gasteiger partial charge on any atom is 0.343 e. The van der Waals surface area contributed by atoms with Crippen LogP contribution in [-0.4, -0.2) is 61.0 Å². The maximum absolute atomic E-state index is 13.1. The summed E-state index contributed by atoms with van der Waals surface area (Å²) >= 11 is 0. The third-order valence-corrected chi connectivity index (χ3v) is 11.3. The molecule has 294 valence electrons. The molecule has 5 aromatic rings. The standard InChI is InChI=1S/C25H28O6.C20H16N2O4/c1-24(2)9-8-16-20(30-24)7-6-14(23(16)29-5)11-18(26)17-10-15-12-22(28)25(3,4)31-21(15)13-19(17)27;1-2-20(25)14-8-16-17-12(7-11-5-3-4-6-15(11)21-17)9-22(16)18(23)13(14)10-26-19(20)24/h6-10,13,22,27-28H,11-12H2,1-5H3;3-8,25H,2,9-10H2,1H3. The Morgan fingerprint density at radius 2 is 1.77 bits per heavy atom. The van der Waals surface area contributed by atoms with E-state index in [-0.39, 0.29) is 42.1 Å². The van der Waals surface area contributed by atoms with E-state index in [1.807, 2.05) is 68.5 Å². The Kier molecular flexibility index (Phi) is 9.05. The molecule has 3 N–H and O–H groups in total. The number of nitrogens with zero attached hydrogens (tertiary/aromatic N) is 2. The van der Waals surface area contributed by atoms with Gasteiger partial charge in [0, 0.05) is 41.0 Å². The van der Waals surface area contributed by atoms with E-state index < -0.39 is 28.9 Å². The Bertz CT molecular complexity index is 2600. The Morgan fingerprint density at radius 1 is 1.00 bits per heavy atom. The number of rotatable bonds is 5. The number of aromatic nitrogens is 2. The molecule has 6 heterocycles. The van der Waals surface area contributed by atoms with E-state index in [0.29, 0.717) is 58.2 Å². The monoisotopic (exact) mass is 772 g/mol. The number of fused-ring (bicyclic) bond motifs is 7. The molecule has 0 bridgehead atoms. The number of esters is 1. The molecule has 0 amide bonds. The lowest BCUT2D eigenvalue weighted by Gasteiger charge is -2.37. The number of carbonyl (C=O) groups is 2. The minimum atomic E-state index is -1.79. The highest BCUT2D eigenvalue weighted by Gasteiger charge is 2.45. The molecule has 0 aliphatic carbocycles. The second-order valence-electron chi connectivity index (χ2n) is 16.0. The topological polar surface area (TPSA) is 167 Å². The number of carbonyl (C=O) groups excluding carboxylic acids is 2. The molecule has 2 unspecified atom stereocenters. The van der Waals surface area contributed by atoms with Crippen LogP contribution in [0.15, 0.2) is 71.5 Å². The van der Waals surface area contributed by atoms with Gasteiger partial charge < -0.3 is 38.8 Å². The van der Waals surface area contributed by atoms with Crippen molar-refractivity contribution in [2.45, 2.75) is 89.9 Å². The number of Topliss-reactive ketones (excluding diaryl/α,β-unsaturated/α-hetero) is 1. The van der Waals surface area contributed by atoms with Crippen molar-refractivity contribution in [3.8, 4) is 34.4 Å². The van der Waals surface area contributed by atoms with Crippen molar-refractivity contribution in [3.05, 3.63) is 116 Å². The fraction of sp³-hybridized carbons (Fsp3) is 0.333. The summed E-state index contributed by atoms with van der Waals surface area (Å²) < 4.78 is 24.1. The first-order valence-electron chi connectivity index (χ1n) is 18.9. The van der Waals surface area contributed by atoms with Crippen molar-refractivity contribution in [1.29, 1.82) is 0 Å². The van der Waals surface area contributed by atoms with Crippen LogP contribution in [0.2, 0.25) is 0 Å². The summed E-state index contributed by atoms with van der Waals surface area (Å²) in [6.45, 7) is 9.53. The zero-order valence-corrected chi connectivity index (χ0v) is 32.6. The number of phenols is 1. The van der Waals surface area contributed by atoms with Gasteiger partial charge in [-0.1, -0.05) is 31.2 Å². The van der Waals surface area contributed by atoms with Crippen LogP contribution in [0, 0.1) is 0 Å². The normalized spacial score (nSPS) is 20.3. The summed E-state index contributed by atoms with van der Waals surface area (Å²) in [6.07, 6.45) is 3.73. The van der Waals surface area contributed by atoms with Crippen LogP contribution in [0.4, 0.5) is 0 Å². The van der Waals surface area contributed by atoms with E-state index in [9.17, 15) is 29.7 Å². The fourth-order valence-electron chi connectivity index (χ4n) is 7.95. The summed E-state index contributed by atoms with van der Waals surface area (Å²) in [5.41, 5.74) is 3.03. The molecular weight excluding hydrogens is 728 g/mol. The first-order valence-corrected chi connectivity index (χ1v) is 18.9. The highest BCUT2D eigenvalue weighted by Crippen LogP contribution is 2.42. The molecule has 0 saturated heterocycles. The summed E-state index contributed by atoms with van der Waals surface area (Å²) in [7, 11) is 1.56. The van der Waals surface area contributed by atoms with Gasteiger partial charge in [-0.2, -0.15) is 0 Å². The molecular formula is C45H44N2O10. The molecule has 2 aromatic heterocycles. The predicted molar refractivity (Wildman–Crippen MR) is 212 cm³/mol. The predicted octanol–water partition coefficient (Wildman–Crippen LogP) is 6.16. The Morgan fingerprint density at radius 3 is 2.53 bits per heavy atom. The lowest BCUT2D eigenvalue weighted by atomic mass is 9.86. The van der Waals surface area contributed by atoms with Crippen molar-refractivity contribution in [1.82, 2.24) is 9.55 Å². The zero-order valence-electron chi connectivity index (χ0n) is 32.6. The maximum atomic E-state index is 13.1. The number of cyclic esters (lactones) is 1. The van der Waals surface area contributed by atoms with E-state index in [2.05, 4.69) is 0 Å². The molecule has 0 spiro atoms. The Balaban J connectivity index is 0.000000162. The highest BCUT2D eigenvalue weighted by molar-refractivity contribution is 6.01. The number of aliphatic hydroxyl groups is 2. The molecule has 4 aliphatic heterocycles. The second-order valence-corrected chi connectivity index (χ2v) is 16.0. The van der Waals surface area contributed by atoms with Gasteiger partial charge in [0.15, 0.2) is 11.4 Å². The summed E-state index contributed by atoms with van der Waals surface area (Å²) in [4.78, 5) is 43.0. The van der Waals surface area contributed by atoms with Gasteiger partial charge in [0.1, 0.15) is 40.8 Å². The number of phenolic OH excluding ortho intramolecular Hbond substituents is 1. The third-order valence-electron chi connectivity index (χ3n) is 11.3. The average molecular weight is 773 g/mol. The number of aromatic hydroxyl groups is 1. The molecule has 3 aromatic carbocycles. The fourth-order valence-corrected chi connectivity index (χ4v) is 7.95. The van der Waals surface area contributed by atoms with Crippen LogP contribution in [0.1, 0.15) is 84.8 Å². The zero-order chi connectivity index (χ0) is 40.6. The van der Waals surface area contributed by atoms with Gasteiger partial charge in [-0.15, -0.1) is 0 Å². The Labute approximate surface area is 328 Å². The van der Waals surface area contributed by atoms with E-state index in [1.54, 1.807) is 44.6 Å². The van der Waals surface area contributed by atoms with Crippen molar-refractivity contribution in [2.24, 2.45) is 0 Å². The molecule has 4 aliphatic rings. The number of aliphatic hydroxyl groups excluding tert-OH is 1. The molecule has 2 atom stereocenters. The molecule has 0 fully saturated rings. The first kappa shape index (κ1) is 37.9. The van der Waals surface area contributed by atoms with Crippen molar-refractivity contribution >= 4 is 28.7 Å². The largest absolute Gasteiger partial charge is 0.507 e. The number of benzene rings is 3. The van der Waals surface area contributed by atoms with E-state index in [0.717, 1.165) is 27.7 Å². The number of pyridine rings is 2. The molecule has 12 heteroatoms. The van der Waals surface area contributed by atoms with Crippen molar-refractivity contribution < 1.29 is 43.9 Å². The molecule has 57 heavy (non-hydrogen) atoms. The van der Waals surface area contributed by atoms with Crippen LogP contribution in [0.3, 0.4) is 0 Å². The van der Waals surface area contributed by atoms with Gasteiger partial charge in [0.2, 0.25) is 0 Å². The van der Waals surface area contributed by atoms with Crippen LogP contribution in [0.25, 0.3) is 28.4 Å². The van der Waals surface area contributed by atoms with Crippen LogP contribution >= 0.6 is 0 Å². The lowest BCUT2D eigenvalue weighted by molar-refractivity contribution is -0.172. The summed E-state index contributed by atoms with van der Waals surface area (Å²) in [5.74, 6) is 0.667. The summed E-state index contributed by atoms with van der Waals surface area (Å²) in [5, 5.41) is 32.7. The van der Waals surface area contributed by atoms with Crippen LogP contribution in [0.5, 0.6) is 23.0 Å². The average Bonchev–Trinajstić information content (AvgIpc) is 3.53. The number of ketones is 1. The van der Waals surface area contributed by atoms with Gasteiger partial charge >= 0.3 is 5.97 Å². The van der Waals surface area contributed by atoms with Gasteiger partial charge in [-0.3, -0.25) is 9.59 Å². The molecule has 0 saturated carbocycles. The van der Waals surface area contributed by atoms with Gasteiger partial charge in [-0.05, 0) is 82.2 Å². The number of para-hydroxylation sites is 1. The van der Waals surface area contributed by atoms with Gasteiger partial charge in [0.05, 0.1) is 53.4 Å². The highest BCUT2D eigenvalue weighted by atomic mass is 16.6. The van der Waals surface area contributed by atoms with Crippen molar-refractivity contribution in [2.75, 3.05) is 7.11 Å². The smallest absolute Gasteiger partial charge is 0.343 e. The van der Waals surface area contributed by atoms with Crippen LogP contribution in [-0.2, 0) is 41.1 Å². The van der Waals surface area contributed by atoms with E-state index in [4.69, 9.17) is 23.9 Å². The molecule has 9 rings (SSSR count). The van der Waals surface area contributed by atoms with Crippen molar-refractivity contribution in [3.63, 3.8) is 0 Å². The minimum absolute atomic E-state index is 0.0505. The third kappa shape index (κ3) is 6.42. The van der Waals surface area contributed by atoms with Crippen LogP contribution < -0.4 is 19.8 Å². The quantitative estimate of drug-likeness (QED) is 0.136. The van der Waals surface area contributed by atoms with Gasteiger partial charge in [-0.25, -0.2) is 9.78 Å². The minimum Gasteiger partial charge on any atom is -0.507 e. The second kappa shape index (κ2) is 13.6.